The third-order valence-corrected chi connectivity index (χ3v) is 79.3. The van der Waals surface area contributed by atoms with Gasteiger partial charge >= 0.3 is 0 Å². The topological polar surface area (TPSA) is 0 Å². The Labute approximate surface area is 128 Å². The first-order chi connectivity index (χ1) is 6.22. The number of hydrogen-bond acceptors (Lipinski definition) is 9. The first-order valence-electron chi connectivity index (χ1n) is 2.82. The summed E-state index contributed by atoms with van der Waals surface area (Å²) in [7, 11) is 0. The van der Waals surface area contributed by atoms with E-state index < -0.39 is 16.0 Å². The Bertz CT molecular complexity index is 383. The van der Waals surface area contributed by atoms with Crippen LogP contribution in [0.4, 0.5) is 0 Å². The first-order valence-corrected chi connectivity index (χ1v) is 25.4. The fraction of sp³-hybridized carbons (Fsp3) is 0. The summed E-state index contributed by atoms with van der Waals surface area (Å²) in [4.78, 5) is 0. The van der Waals surface area contributed by atoms with E-state index in [0.29, 0.717) is 0 Å². The van der Waals surface area contributed by atoms with E-state index in [0.717, 1.165) is 0 Å². The van der Waals surface area contributed by atoms with Crippen LogP contribution in [-0.4, -0.2) is 0 Å². The van der Waals surface area contributed by atoms with Crippen LogP contribution < -0.4 is 0 Å². The lowest BCUT2D eigenvalue weighted by Crippen LogP contribution is -1.72. The van der Waals surface area contributed by atoms with Crippen LogP contribution in [0, 0.1) is 0 Å². The number of hydrogen-bond donors (Lipinski definition) is 1. The van der Waals surface area contributed by atoms with Crippen LogP contribution in [0.3, 0.4) is 0 Å². The first kappa shape index (κ1) is 15.1. The Balaban J connectivity index is 2.47. The molecule has 0 N–H and O–H groups in total. The second kappa shape index (κ2) is 5.24. The zero-order valence-electron chi connectivity index (χ0n) is 5.96. The van der Waals surface area contributed by atoms with Gasteiger partial charge in [0, 0.05) is 0 Å². The molecule has 2 aliphatic rings. The van der Waals surface area contributed by atoms with E-state index in [1.807, 2.05) is 33.0 Å². The molecule has 0 saturated carbocycles. The largest absolute Gasteiger partial charge is 0.127 e. The fourth-order valence-corrected chi connectivity index (χ4v) is 167. The van der Waals surface area contributed by atoms with Gasteiger partial charge in [-0.1, -0.05) is 69.2 Å². The van der Waals surface area contributed by atoms with E-state index >= 15 is 0 Å². The second-order valence-electron chi connectivity index (χ2n) is 2.04. The Hall–Kier alpha value is 4.70. The van der Waals surface area contributed by atoms with Gasteiger partial charge in [0.05, 0.1) is 5.10 Å². The van der Waals surface area contributed by atoms with Crippen molar-refractivity contribution in [3.8, 4) is 0 Å². The molecule has 82 valence electrons. The zero-order valence-corrected chi connectivity index (χ0v) is 17.9. The molecule has 0 spiro atoms. The van der Waals surface area contributed by atoms with Gasteiger partial charge in [-0.2, -0.15) is 0 Å². The van der Waals surface area contributed by atoms with Crippen molar-refractivity contribution in [3.05, 3.63) is 0 Å². The molecule has 2 saturated heterocycles. The quantitative estimate of drug-likeness (QED) is 0.313. The predicted molar refractivity (Wildman–Crippen MR) is 105 cm³/mol. The molecule has 0 aromatic heterocycles. The van der Waals surface area contributed by atoms with E-state index in [4.69, 9.17) is 47.2 Å². The summed E-state index contributed by atoms with van der Waals surface area (Å²) in [5.74, 6) is 0. The minimum atomic E-state index is -1.66. The Morgan fingerprint density at radius 3 is 1.79 bits per heavy atom. The van der Waals surface area contributed by atoms with Gasteiger partial charge < -0.3 is 0 Å². The average molecular weight is 447 g/mol. The normalized spacial score (nSPS) is 58.2. The van der Waals surface area contributed by atoms with E-state index in [9.17, 15) is 0 Å². The smallest absolute Gasteiger partial charge is 0.121 e. The molecule has 0 radical (unpaired) electrons. The van der Waals surface area contributed by atoms with Gasteiger partial charge in [0.15, 0.2) is 0 Å². The van der Waals surface area contributed by atoms with Crippen LogP contribution in [-0.2, 0) is 47.2 Å². The number of thiol groups is 1. The maximum absolute atomic E-state index is 5.69. The molecule has 0 aliphatic carbocycles. The third kappa shape index (κ3) is 3.85. The highest BCUT2D eigenvalue weighted by Crippen LogP contribution is 3.18. The molecule has 2 fully saturated rings. The van der Waals surface area contributed by atoms with Crippen molar-refractivity contribution >= 4 is 131 Å². The predicted octanol–water partition coefficient (Wildman–Crippen LogP) is 6.79. The van der Waals surface area contributed by atoms with E-state index in [2.05, 4.69) is 12.2 Å². The highest BCUT2D eigenvalue weighted by atomic mass is 34.0. The van der Waals surface area contributed by atoms with Crippen LogP contribution in [0.15, 0.2) is 0 Å². The van der Waals surface area contributed by atoms with Crippen LogP contribution in [0.1, 0.15) is 0 Å². The molecule has 0 amide bonds. The van der Waals surface area contributed by atoms with Gasteiger partial charge in [-0.25, -0.2) is 0 Å². The molecule has 14 heavy (non-hydrogen) atoms. The molecule has 2 heterocycles. The summed E-state index contributed by atoms with van der Waals surface area (Å²) < 4.78 is -4.68. The Kier molecular flexibility index (Phi) is 5.65. The molecular formula is H2P4S10. The summed E-state index contributed by atoms with van der Waals surface area (Å²) in [5, 5.41) is -0.834. The summed E-state index contributed by atoms with van der Waals surface area (Å²) in [6, 6.07) is 0. The highest BCUT2D eigenvalue weighted by molar-refractivity contribution is 9.71. The third-order valence-electron chi connectivity index (χ3n) is 0.979. The van der Waals surface area contributed by atoms with Gasteiger partial charge in [0.25, 0.3) is 0 Å². The van der Waals surface area contributed by atoms with E-state index in [1.165, 1.54) is 0 Å². The monoisotopic (exact) mass is 446 g/mol. The summed E-state index contributed by atoms with van der Waals surface area (Å²) >= 11 is 35.9. The van der Waals surface area contributed by atoms with Gasteiger partial charge in [-0.15, -0.1) is 12.2 Å². The van der Waals surface area contributed by atoms with Crippen molar-refractivity contribution in [2.45, 2.75) is 0 Å². The van der Waals surface area contributed by atoms with Crippen molar-refractivity contribution in [1.82, 2.24) is 0 Å². The standard InChI is InChI=1S/H2P4S10/c5-1-10-3(8)12-2(6,7)13-4(9,11-1)14-3/h1H,(H,6,7)/t3-,4?/m1/s1. The van der Waals surface area contributed by atoms with Crippen LogP contribution >= 0.6 is 83.3 Å². The van der Waals surface area contributed by atoms with Crippen LogP contribution in [0.5, 0.6) is 0 Å². The van der Waals surface area contributed by atoms with Crippen molar-refractivity contribution in [2.24, 2.45) is 0 Å². The van der Waals surface area contributed by atoms with Gasteiger partial charge in [-0.05, 0) is 33.0 Å². The number of rotatable bonds is 0. The lowest BCUT2D eigenvalue weighted by atomic mass is 29.0. The van der Waals surface area contributed by atoms with Crippen molar-refractivity contribution in [1.29, 1.82) is 0 Å². The minimum absolute atomic E-state index is 0.834. The minimum Gasteiger partial charge on any atom is -0.121 e. The average Bonchev–Trinajstić information content (AvgIpc) is 1.71. The van der Waals surface area contributed by atoms with Gasteiger partial charge in [0.1, 0.15) is 10.9 Å². The van der Waals surface area contributed by atoms with Gasteiger partial charge in [0.2, 0.25) is 0 Å². The molecule has 0 nitrogen and oxygen atoms in total. The summed E-state index contributed by atoms with van der Waals surface area (Å²) in [6.45, 7) is 0. The number of fused-ring (bicyclic) bond motifs is 2. The molecule has 3 unspecified atom stereocenters. The van der Waals surface area contributed by atoms with Crippen LogP contribution in [0.2, 0.25) is 0 Å². The molecule has 2 rings (SSSR count). The SMILES string of the molecule is S=[PH]1SP2(=S)SP(=S)(S)S[P@@](=S)(S1)S2. The Morgan fingerprint density at radius 1 is 0.929 bits per heavy atom. The van der Waals surface area contributed by atoms with E-state index in [-0.39, 0.29) is 0 Å². The van der Waals surface area contributed by atoms with Crippen molar-refractivity contribution in [3.63, 3.8) is 0 Å². The Morgan fingerprint density at radius 2 is 1.36 bits per heavy atom. The molecule has 14 heteroatoms. The summed E-state index contributed by atoms with van der Waals surface area (Å²) in [6.07, 6.45) is 0. The van der Waals surface area contributed by atoms with Crippen molar-refractivity contribution < 1.29 is 0 Å². The van der Waals surface area contributed by atoms with Gasteiger partial charge in [-0.3, -0.25) is 0 Å². The van der Waals surface area contributed by atoms with Crippen molar-refractivity contribution in [2.75, 3.05) is 0 Å². The molecule has 2 bridgehead atoms. The lowest BCUT2D eigenvalue weighted by Gasteiger charge is -2.40. The maximum Gasteiger partial charge on any atom is 0.127 e. The molecule has 2 aliphatic heterocycles. The van der Waals surface area contributed by atoms with E-state index in [1.54, 1.807) is 22.0 Å². The molecule has 0 aromatic rings. The maximum atomic E-state index is 5.69. The second-order valence-corrected chi connectivity index (χ2v) is 55.1. The zero-order chi connectivity index (χ0) is 10.6. The molecular weight excluding hydrogens is 445 g/mol. The lowest BCUT2D eigenvalue weighted by molar-refractivity contribution is 4.79. The fourth-order valence-electron chi connectivity index (χ4n) is 0.686. The summed E-state index contributed by atoms with van der Waals surface area (Å²) in [5.41, 5.74) is 0. The highest BCUT2D eigenvalue weighted by Gasteiger charge is 2.47. The molecule has 0 aromatic carbocycles. The molecule has 4 atom stereocenters. The van der Waals surface area contributed by atoms with Crippen LogP contribution in [0.25, 0.3) is 0 Å².